The van der Waals surface area contributed by atoms with E-state index in [0.29, 0.717) is 19.8 Å². The molecule has 4 heteroatoms. The van der Waals surface area contributed by atoms with Gasteiger partial charge in [0, 0.05) is 6.54 Å². The summed E-state index contributed by atoms with van der Waals surface area (Å²) >= 11 is 0. The highest BCUT2D eigenvalue weighted by atomic mass is 16.6. The van der Waals surface area contributed by atoms with Crippen LogP contribution in [0.25, 0.3) is 0 Å². The van der Waals surface area contributed by atoms with Crippen molar-refractivity contribution in [1.82, 2.24) is 4.90 Å². The zero-order chi connectivity index (χ0) is 16.1. The first kappa shape index (κ1) is 15.6. The van der Waals surface area contributed by atoms with E-state index in [9.17, 15) is 4.79 Å². The molecule has 0 aliphatic carbocycles. The SMILES string of the molecule is CC1[C@@H](OCc2ccccc2)COC(=O)N1Cc1ccccc1. The van der Waals surface area contributed by atoms with Crippen LogP contribution in [-0.4, -0.2) is 29.7 Å². The van der Waals surface area contributed by atoms with Crippen molar-refractivity contribution >= 4 is 6.09 Å². The summed E-state index contributed by atoms with van der Waals surface area (Å²) in [4.78, 5) is 13.8. The molecule has 1 unspecified atom stereocenters. The third kappa shape index (κ3) is 3.90. The van der Waals surface area contributed by atoms with E-state index in [1.165, 1.54) is 0 Å². The second-order valence-corrected chi connectivity index (χ2v) is 5.77. The molecule has 2 aromatic rings. The fourth-order valence-corrected chi connectivity index (χ4v) is 2.70. The average Bonchev–Trinajstić information content (AvgIpc) is 2.60. The van der Waals surface area contributed by atoms with E-state index in [1.807, 2.05) is 67.6 Å². The van der Waals surface area contributed by atoms with Crippen LogP contribution in [0, 0.1) is 0 Å². The maximum Gasteiger partial charge on any atom is 0.410 e. The first-order chi connectivity index (χ1) is 11.2. The minimum Gasteiger partial charge on any atom is -0.447 e. The van der Waals surface area contributed by atoms with Crippen LogP contribution in [0.15, 0.2) is 60.7 Å². The molecular weight excluding hydrogens is 290 g/mol. The van der Waals surface area contributed by atoms with Crippen molar-refractivity contribution in [3.8, 4) is 0 Å². The number of rotatable bonds is 5. The molecule has 0 N–H and O–H groups in total. The van der Waals surface area contributed by atoms with Gasteiger partial charge in [0.1, 0.15) is 12.7 Å². The Balaban J connectivity index is 1.63. The standard InChI is InChI=1S/C19H21NO3/c1-15-18(22-13-17-10-6-3-7-11-17)14-23-19(21)20(15)12-16-8-4-2-5-9-16/h2-11,15,18H,12-14H2,1H3/t15?,18-/m0/s1. The third-order valence-electron chi connectivity index (χ3n) is 4.14. The lowest BCUT2D eigenvalue weighted by atomic mass is 10.1. The van der Waals surface area contributed by atoms with Crippen LogP contribution in [0.2, 0.25) is 0 Å². The summed E-state index contributed by atoms with van der Waals surface area (Å²) in [5, 5.41) is 0. The second kappa shape index (κ2) is 7.29. The molecule has 1 fully saturated rings. The summed E-state index contributed by atoms with van der Waals surface area (Å²) in [6, 6.07) is 19.9. The minimum atomic E-state index is -0.277. The van der Waals surface area contributed by atoms with Crippen molar-refractivity contribution in [3.63, 3.8) is 0 Å². The van der Waals surface area contributed by atoms with Crippen LogP contribution >= 0.6 is 0 Å². The molecule has 1 aliphatic heterocycles. The summed E-state index contributed by atoms with van der Waals surface area (Å²) in [5.41, 5.74) is 2.20. The monoisotopic (exact) mass is 311 g/mol. The number of carbonyl (C=O) groups excluding carboxylic acids is 1. The lowest BCUT2D eigenvalue weighted by Crippen LogP contribution is -2.52. The van der Waals surface area contributed by atoms with Gasteiger partial charge >= 0.3 is 6.09 Å². The summed E-state index contributed by atoms with van der Waals surface area (Å²) < 4.78 is 11.3. The van der Waals surface area contributed by atoms with E-state index in [2.05, 4.69) is 0 Å². The summed E-state index contributed by atoms with van der Waals surface area (Å²) in [6.07, 6.45) is -0.405. The van der Waals surface area contributed by atoms with Crippen molar-refractivity contribution < 1.29 is 14.3 Å². The normalized spacial score (nSPS) is 21.1. The van der Waals surface area contributed by atoms with E-state index in [0.717, 1.165) is 11.1 Å². The minimum absolute atomic E-state index is 0.0276. The van der Waals surface area contributed by atoms with Crippen LogP contribution in [-0.2, 0) is 22.6 Å². The van der Waals surface area contributed by atoms with Gasteiger partial charge in [0.15, 0.2) is 0 Å². The van der Waals surface area contributed by atoms with Crippen molar-refractivity contribution in [1.29, 1.82) is 0 Å². The first-order valence-electron chi connectivity index (χ1n) is 7.87. The second-order valence-electron chi connectivity index (χ2n) is 5.77. The highest BCUT2D eigenvalue weighted by Gasteiger charge is 2.34. The largest absolute Gasteiger partial charge is 0.447 e. The average molecular weight is 311 g/mol. The predicted octanol–water partition coefficient (Wildman–Crippen LogP) is 3.61. The van der Waals surface area contributed by atoms with E-state index in [1.54, 1.807) is 4.90 Å². The maximum absolute atomic E-state index is 12.1. The zero-order valence-electron chi connectivity index (χ0n) is 13.2. The van der Waals surface area contributed by atoms with Gasteiger partial charge in [-0.2, -0.15) is 0 Å². The predicted molar refractivity (Wildman–Crippen MR) is 87.8 cm³/mol. The first-order valence-corrected chi connectivity index (χ1v) is 7.87. The Bertz CT molecular complexity index is 630. The van der Waals surface area contributed by atoms with Gasteiger partial charge in [-0.3, -0.25) is 4.90 Å². The molecule has 0 bridgehead atoms. The maximum atomic E-state index is 12.1. The summed E-state index contributed by atoms with van der Waals surface area (Å²) in [6.45, 7) is 3.37. The van der Waals surface area contributed by atoms with Gasteiger partial charge in [0.05, 0.1) is 12.6 Å². The Morgan fingerprint density at radius 3 is 2.30 bits per heavy atom. The zero-order valence-corrected chi connectivity index (χ0v) is 13.2. The number of hydrogen-bond acceptors (Lipinski definition) is 3. The Labute approximate surface area is 136 Å². The molecule has 2 aromatic carbocycles. The Kier molecular flexibility index (Phi) is 4.93. The Morgan fingerprint density at radius 1 is 1.04 bits per heavy atom. The van der Waals surface area contributed by atoms with Crippen molar-refractivity contribution in [3.05, 3.63) is 71.8 Å². The molecule has 0 spiro atoms. The number of hydrogen-bond donors (Lipinski definition) is 0. The van der Waals surface area contributed by atoms with E-state index in [4.69, 9.17) is 9.47 Å². The van der Waals surface area contributed by atoms with Crippen LogP contribution < -0.4 is 0 Å². The van der Waals surface area contributed by atoms with E-state index < -0.39 is 0 Å². The van der Waals surface area contributed by atoms with E-state index >= 15 is 0 Å². The van der Waals surface area contributed by atoms with Gasteiger partial charge in [-0.1, -0.05) is 60.7 Å². The molecule has 4 nitrogen and oxygen atoms in total. The van der Waals surface area contributed by atoms with Gasteiger partial charge in [-0.05, 0) is 18.1 Å². The quantitative estimate of drug-likeness (QED) is 0.846. The molecule has 3 rings (SSSR count). The summed E-state index contributed by atoms with van der Waals surface area (Å²) in [5.74, 6) is 0. The number of amides is 1. The van der Waals surface area contributed by atoms with Gasteiger partial charge in [-0.15, -0.1) is 0 Å². The molecule has 1 saturated heterocycles. The highest BCUT2D eigenvalue weighted by Crippen LogP contribution is 2.20. The third-order valence-corrected chi connectivity index (χ3v) is 4.14. The van der Waals surface area contributed by atoms with Gasteiger partial charge in [-0.25, -0.2) is 4.79 Å². The van der Waals surface area contributed by atoms with Gasteiger partial charge in [0.2, 0.25) is 0 Å². The molecule has 1 aliphatic rings. The Hall–Kier alpha value is -2.33. The Morgan fingerprint density at radius 2 is 1.65 bits per heavy atom. The molecule has 0 saturated carbocycles. The highest BCUT2D eigenvalue weighted by molar-refractivity contribution is 5.69. The van der Waals surface area contributed by atoms with Crippen molar-refractivity contribution in [2.75, 3.05) is 6.61 Å². The fraction of sp³-hybridized carbons (Fsp3) is 0.316. The summed E-state index contributed by atoms with van der Waals surface area (Å²) in [7, 11) is 0. The number of ether oxygens (including phenoxy) is 2. The molecule has 0 aromatic heterocycles. The number of benzene rings is 2. The molecule has 1 amide bonds. The van der Waals surface area contributed by atoms with Crippen LogP contribution in [0.1, 0.15) is 18.1 Å². The topological polar surface area (TPSA) is 38.8 Å². The van der Waals surface area contributed by atoms with Gasteiger partial charge < -0.3 is 9.47 Å². The van der Waals surface area contributed by atoms with E-state index in [-0.39, 0.29) is 18.2 Å². The lowest BCUT2D eigenvalue weighted by Gasteiger charge is -2.38. The smallest absolute Gasteiger partial charge is 0.410 e. The van der Waals surface area contributed by atoms with Crippen LogP contribution in [0.4, 0.5) is 4.79 Å². The molecule has 1 heterocycles. The number of carbonyl (C=O) groups is 1. The van der Waals surface area contributed by atoms with Gasteiger partial charge in [0.25, 0.3) is 0 Å². The molecule has 120 valence electrons. The molecule has 23 heavy (non-hydrogen) atoms. The number of cyclic esters (lactones) is 1. The van der Waals surface area contributed by atoms with Crippen molar-refractivity contribution in [2.24, 2.45) is 0 Å². The van der Waals surface area contributed by atoms with Crippen molar-refractivity contribution in [2.45, 2.75) is 32.2 Å². The van der Waals surface area contributed by atoms with Crippen LogP contribution in [0.5, 0.6) is 0 Å². The van der Waals surface area contributed by atoms with Crippen LogP contribution in [0.3, 0.4) is 0 Å². The molecule has 0 radical (unpaired) electrons. The fourth-order valence-electron chi connectivity index (χ4n) is 2.70. The number of nitrogens with zero attached hydrogens (tertiary/aromatic N) is 1. The molecular formula is C19H21NO3. The molecule has 2 atom stereocenters. The lowest BCUT2D eigenvalue weighted by molar-refractivity contribution is -0.0821.